The van der Waals surface area contributed by atoms with E-state index in [-0.39, 0.29) is 13.4 Å². The van der Waals surface area contributed by atoms with Crippen molar-refractivity contribution in [3.63, 3.8) is 0 Å². The second-order valence-corrected chi connectivity index (χ2v) is 27.3. The van der Waals surface area contributed by atoms with Gasteiger partial charge in [0.15, 0.2) is 0 Å². The number of nitrogens with zero attached hydrogens (tertiary/aromatic N) is 4. The van der Waals surface area contributed by atoms with E-state index in [0.29, 0.717) is 11.8 Å². The molecular weight excluding hydrogens is 1150 g/mol. The largest absolute Gasteiger partial charge is 0.311 e. The van der Waals surface area contributed by atoms with Gasteiger partial charge in [-0.1, -0.05) is 262 Å². The summed E-state index contributed by atoms with van der Waals surface area (Å²) >= 11 is 3.85. The minimum Gasteiger partial charge on any atom is -0.311 e. The van der Waals surface area contributed by atoms with E-state index in [2.05, 4.69) is 351 Å². The zero-order chi connectivity index (χ0) is 61.6. The Morgan fingerprint density at radius 3 is 1.25 bits per heavy atom. The first-order chi connectivity index (χ1) is 45.3. The average molecular weight is 1220 g/mol. The lowest BCUT2D eigenvalue weighted by Gasteiger charge is -2.46. The Bertz CT molecular complexity index is 4800. The van der Waals surface area contributed by atoms with Crippen LogP contribution in [0.25, 0.3) is 22.3 Å². The molecule has 0 aliphatic carbocycles. The number of para-hydroxylation sites is 7. The molecule has 0 fully saturated rings. The number of benzene rings is 13. The first-order valence-electron chi connectivity index (χ1n) is 32.2. The zero-order valence-electron chi connectivity index (χ0n) is 51.8. The van der Waals surface area contributed by atoms with E-state index in [1.165, 1.54) is 97.1 Å². The van der Waals surface area contributed by atoms with E-state index in [9.17, 15) is 0 Å². The molecule has 0 spiro atoms. The van der Waals surface area contributed by atoms with Crippen LogP contribution in [0.4, 0.5) is 68.2 Å². The predicted molar refractivity (Wildman–Crippen MR) is 395 cm³/mol. The summed E-state index contributed by atoms with van der Waals surface area (Å²) in [5.74, 6) is 0.773. The van der Waals surface area contributed by atoms with Gasteiger partial charge >= 0.3 is 0 Å². The van der Waals surface area contributed by atoms with Crippen LogP contribution in [0, 0.1) is 0 Å². The first kappa shape index (κ1) is 55.9. The van der Waals surface area contributed by atoms with Gasteiger partial charge in [-0.3, -0.25) is 0 Å². The fraction of sp³-hybridized carbons (Fsp3) is 0.0714. The second-order valence-electron chi connectivity index (χ2n) is 25.1. The summed E-state index contributed by atoms with van der Waals surface area (Å²) < 4.78 is 0. The van der Waals surface area contributed by atoms with Crippen LogP contribution < -0.4 is 52.4 Å². The number of anilines is 12. The summed E-state index contributed by atoms with van der Waals surface area (Å²) in [6, 6.07) is 114. The minimum atomic E-state index is -0.151. The Hall–Kier alpha value is -10.1. The fourth-order valence-corrected chi connectivity index (χ4v) is 17.2. The SMILES string of the molecule is CC(C)c1ccc(-c2cccc(-c3ccc(C(C)C)cc3)c2N2c3cc4c(cc3B3c5ccccc5N(c5ccccc5)c5cc(N(c6ccccc6)c6ccccc6)cc2c53)B2c3ccccc3Sc3cc(N(c5ccccc5)c5ccccc5)cc(c32)S4)cc1. The van der Waals surface area contributed by atoms with Crippen molar-refractivity contribution in [2.75, 3.05) is 19.6 Å². The van der Waals surface area contributed by atoms with Crippen molar-refractivity contribution in [2.24, 2.45) is 0 Å². The molecule has 13 aromatic carbocycles. The third-order valence-corrected chi connectivity index (χ3v) is 21.4. The van der Waals surface area contributed by atoms with E-state index >= 15 is 0 Å². The molecule has 4 aliphatic rings. The first-order valence-corrected chi connectivity index (χ1v) is 33.8. The third kappa shape index (κ3) is 9.41. The van der Waals surface area contributed by atoms with Crippen molar-refractivity contribution in [2.45, 2.75) is 59.1 Å². The smallest absolute Gasteiger partial charge is 0.252 e. The lowest BCUT2D eigenvalue weighted by atomic mass is 9.31. The van der Waals surface area contributed by atoms with Crippen LogP contribution in [0.2, 0.25) is 0 Å². The molecule has 0 amide bonds. The monoisotopic (exact) mass is 1210 g/mol. The van der Waals surface area contributed by atoms with Gasteiger partial charge in [0, 0.05) is 87.6 Å². The second kappa shape index (κ2) is 23.0. The van der Waals surface area contributed by atoms with Crippen molar-refractivity contribution >= 4 is 138 Å². The van der Waals surface area contributed by atoms with Crippen molar-refractivity contribution < 1.29 is 0 Å². The summed E-state index contributed by atoms with van der Waals surface area (Å²) in [5.41, 5.74) is 28.7. The van der Waals surface area contributed by atoms with Crippen molar-refractivity contribution in [1.29, 1.82) is 0 Å². The molecule has 0 saturated heterocycles. The van der Waals surface area contributed by atoms with Crippen molar-refractivity contribution in [1.82, 2.24) is 0 Å². The Morgan fingerprint density at radius 1 is 0.293 bits per heavy atom. The average Bonchev–Trinajstić information content (AvgIpc) is 0.690. The fourth-order valence-electron chi connectivity index (χ4n) is 14.8. The molecule has 17 rings (SSSR count). The van der Waals surface area contributed by atoms with Gasteiger partial charge in [0.1, 0.15) is 0 Å². The highest BCUT2D eigenvalue weighted by molar-refractivity contribution is 8.01. The minimum absolute atomic E-state index is 0.0154. The lowest BCUT2D eigenvalue weighted by Crippen LogP contribution is -2.64. The maximum absolute atomic E-state index is 2.71. The molecular formula is C84H64B2N4S2. The molecule has 0 unspecified atom stereocenters. The van der Waals surface area contributed by atoms with Crippen LogP contribution in [0.15, 0.2) is 323 Å². The maximum Gasteiger partial charge on any atom is 0.252 e. The molecule has 8 heteroatoms. The van der Waals surface area contributed by atoms with Crippen LogP contribution in [0.5, 0.6) is 0 Å². The molecule has 13 aromatic rings. The maximum atomic E-state index is 2.71. The Kier molecular flexibility index (Phi) is 14.0. The number of hydrogen-bond donors (Lipinski definition) is 0. The van der Waals surface area contributed by atoms with Gasteiger partial charge in [-0.2, -0.15) is 0 Å². The van der Waals surface area contributed by atoms with Gasteiger partial charge in [0.05, 0.1) is 11.4 Å². The number of fused-ring (bicyclic) bond motifs is 8. The summed E-state index contributed by atoms with van der Waals surface area (Å²) in [5, 5.41) is 0. The van der Waals surface area contributed by atoms with E-state index in [4.69, 9.17) is 0 Å². The third-order valence-electron chi connectivity index (χ3n) is 19.1. The molecule has 4 heterocycles. The number of hydrogen-bond acceptors (Lipinski definition) is 6. The highest BCUT2D eigenvalue weighted by Crippen LogP contribution is 2.54. The zero-order valence-corrected chi connectivity index (χ0v) is 53.4. The molecule has 0 atom stereocenters. The van der Waals surface area contributed by atoms with Gasteiger partial charge in [0.2, 0.25) is 6.71 Å². The van der Waals surface area contributed by atoms with Gasteiger partial charge in [-0.05, 0) is 159 Å². The van der Waals surface area contributed by atoms with E-state index < -0.39 is 0 Å². The summed E-state index contributed by atoms with van der Waals surface area (Å²) in [6.45, 7) is 8.98. The molecule has 0 N–H and O–H groups in total. The molecule has 0 aromatic heterocycles. The number of rotatable bonds is 12. The van der Waals surface area contributed by atoms with Gasteiger partial charge in [-0.15, -0.1) is 0 Å². The molecule has 0 bridgehead atoms. The van der Waals surface area contributed by atoms with Gasteiger partial charge in [0.25, 0.3) is 6.71 Å². The normalized spacial score (nSPS) is 13.0. The van der Waals surface area contributed by atoms with Crippen LogP contribution >= 0.6 is 23.5 Å². The summed E-state index contributed by atoms with van der Waals surface area (Å²) in [6.07, 6.45) is 0. The molecule has 4 nitrogen and oxygen atoms in total. The van der Waals surface area contributed by atoms with Gasteiger partial charge < -0.3 is 19.6 Å². The Labute approximate surface area is 549 Å². The highest BCUT2D eigenvalue weighted by Gasteiger charge is 2.47. The van der Waals surface area contributed by atoms with Crippen LogP contribution in [0.3, 0.4) is 0 Å². The standard InChI is InChI=1S/C84H64B2N4S2/c1-55(2)57-41-45-59(46-42-57)68-35-24-36-69(60-47-43-58(44-48-60)56(3)4)84(68)90-75-54-79-73(86-71-38-21-23-40-78(71)91-80-51-67(52-81(92-79)83(80)86)88(63-29-14-7-15-30-63)64-31-16-8-17-32-64)53-72(75)85-70-37-20-22-39-74(70)89(65-33-18-9-19-34-65)76-49-66(50-77(90)82(76)85)87(61-25-10-5-11-26-61)62-27-12-6-13-28-62/h5-56H,1-4H3. The lowest BCUT2D eigenvalue weighted by molar-refractivity contribution is 0.867. The van der Waals surface area contributed by atoms with E-state index in [1.54, 1.807) is 0 Å². The summed E-state index contributed by atoms with van der Waals surface area (Å²) in [7, 11) is 0. The van der Waals surface area contributed by atoms with Crippen LogP contribution in [0.1, 0.15) is 50.7 Å². The molecule has 0 radical (unpaired) electrons. The van der Waals surface area contributed by atoms with Gasteiger partial charge in [-0.25, -0.2) is 0 Å². The topological polar surface area (TPSA) is 13.0 Å². The quantitative estimate of drug-likeness (QED) is 0.112. The molecule has 0 saturated carbocycles. The van der Waals surface area contributed by atoms with Crippen LogP contribution in [-0.4, -0.2) is 13.4 Å². The van der Waals surface area contributed by atoms with E-state index in [1.807, 2.05) is 23.5 Å². The molecule has 4 aliphatic heterocycles. The Morgan fingerprint density at radius 2 is 0.728 bits per heavy atom. The predicted octanol–water partition coefficient (Wildman–Crippen LogP) is 19.7. The molecule has 92 heavy (non-hydrogen) atoms. The molecule has 438 valence electrons. The van der Waals surface area contributed by atoms with Crippen LogP contribution in [-0.2, 0) is 0 Å². The van der Waals surface area contributed by atoms with E-state index in [0.717, 1.165) is 56.9 Å². The highest BCUT2D eigenvalue weighted by atomic mass is 32.2. The van der Waals surface area contributed by atoms with Crippen molar-refractivity contribution in [3.05, 3.63) is 314 Å². The Balaban J connectivity index is 0.998. The summed E-state index contributed by atoms with van der Waals surface area (Å²) in [4.78, 5) is 15.3. The van der Waals surface area contributed by atoms with Crippen molar-refractivity contribution in [3.8, 4) is 22.3 Å².